The van der Waals surface area contributed by atoms with Crippen molar-refractivity contribution in [3.63, 3.8) is 0 Å². The average Bonchev–Trinajstić information content (AvgIpc) is 3.01. The van der Waals surface area contributed by atoms with Crippen LogP contribution in [0.25, 0.3) is 0 Å². The smallest absolute Gasteiger partial charge is 0.235 e. The topological polar surface area (TPSA) is 46.9 Å². The summed E-state index contributed by atoms with van der Waals surface area (Å²) in [7, 11) is 0. The minimum Gasteiger partial charge on any atom is -0.346 e. The molecule has 0 radical (unpaired) electrons. The standard InChI is InChI=1S/C15H16ClN3O/c16-9-14(20)18-15-12-4-2-1-3-11(12)5-6-13(15)19-8-7-17-10-19/h1-4,7-8,10,13,15H,5-6,9H2,(H,18,20). The molecule has 1 N–H and O–H groups in total. The van der Waals surface area contributed by atoms with E-state index in [2.05, 4.69) is 27.0 Å². The van der Waals surface area contributed by atoms with Gasteiger partial charge in [-0.05, 0) is 24.0 Å². The highest BCUT2D eigenvalue weighted by Crippen LogP contribution is 2.37. The van der Waals surface area contributed by atoms with Crippen LogP contribution in [0, 0.1) is 0 Å². The van der Waals surface area contributed by atoms with Gasteiger partial charge in [0.05, 0.1) is 18.4 Å². The minimum atomic E-state index is -0.140. The number of halogens is 1. The van der Waals surface area contributed by atoms with Crippen molar-refractivity contribution in [3.8, 4) is 0 Å². The number of fused-ring (bicyclic) bond motifs is 1. The number of rotatable bonds is 3. The van der Waals surface area contributed by atoms with Gasteiger partial charge in [-0.2, -0.15) is 0 Å². The summed E-state index contributed by atoms with van der Waals surface area (Å²) in [5, 5.41) is 3.04. The Morgan fingerprint density at radius 2 is 2.30 bits per heavy atom. The summed E-state index contributed by atoms with van der Waals surface area (Å²) in [5.41, 5.74) is 2.47. The van der Waals surface area contributed by atoms with E-state index >= 15 is 0 Å². The molecule has 1 amide bonds. The number of nitrogens with zero attached hydrogens (tertiary/aromatic N) is 2. The molecule has 2 atom stereocenters. The molecule has 20 heavy (non-hydrogen) atoms. The Bertz CT molecular complexity index is 597. The molecular formula is C15H16ClN3O. The predicted molar refractivity (Wildman–Crippen MR) is 77.6 cm³/mol. The normalized spacial score (nSPS) is 21.2. The second kappa shape index (κ2) is 5.67. The number of aromatic nitrogens is 2. The third kappa shape index (κ3) is 2.43. The molecule has 2 aromatic rings. The van der Waals surface area contributed by atoms with Gasteiger partial charge in [0.25, 0.3) is 0 Å². The number of carbonyl (C=O) groups is 1. The Kier molecular flexibility index (Phi) is 3.74. The first kappa shape index (κ1) is 13.2. The lowest BCUT2D eigenvalue weighted by atomic mass is 9.84. The van der Waals surface area contributed by atoms with Crippen LogP contribution in [0.2, 0.25) is 0 Å². The maximum Gasteiger partial charge on any atom is 0.235 e. The van der Waals surface area contributed by atoms with Crippen molar-refractivity contribution >= 4 is 17.5 Å². The van der Waals surface area contributed by atoms with Gasteiger partial charge in [-0.1, -0.05) is 24.3 Å². The number of alkyl halides is 1. The van der Waals surface area contributed by atoms with Crippen molar-refractivity contribution < 1.29 is 4.79 Å². The quantitative estimate of drug-likeness (QED) is 0.883. The zero-order valence-corrected chi connectivity index (χ0v) is 11.8. The Morgan fingerprint density at radius 1 is 1.45 bits per heavy atom. The summed E-state index contributed by atoms with van der Waals surface area (Å²) in [5.74, 6) is -0.159. The molecule has 104 valence electrons. The summed E-state index contributed by atoms with van der Waals surface area (Å²) >= 11 is 5.64. The number of hydrogen-bond acceptors (Lipinski definition) is 2. The maximum absolute atomic E-state index is 11.7. The fourth-order valence-electron chi connectivity index (χ4n) is 2.92. The van der Waals surface area contributed by atoms with Gasteiger partial charge >= 0.3 is 0 Å². The number of aryl methyl sites for hydroxylation is 1. The van der Waals surface area contributed by atoms with Crippen molar-refractivity contribution in [3.05, 3.63) is 54.1 Å². The number of imidazole rings is 1. The van der Waals surface area contributed by atoms with Gasteiger partial charge in [-0.3, -0.25) is 4.79 Å². The van der Waals surface area contributed by atoms with Crippen LogP contribution in [-0.4, -0.2) is 21.3 Å². The lowest BCUT2D eigenvalue weighted by Gasteiger charge is -2.34. The van der Waals surface area contributed by atoms with Crippen LogP contribution < -0.4 is 5.32 Å². The molecule has 1 aliphatic carbocycles. The SMILES string of the molecule is O=C(CCl)NC1c2ccccc2CCC1n1ccnc1. The Balaban J connectivity index is 1.97. The summed E-state index contributed by atoms with van der Waals surface area (Å²) in [6.07, 6.45) is 7.49. The van der Waals surface area contributed by atoms with Crippen molar-refractivity contribution in [1.29, 1.82) is 0 Å². The second-order valence-corrected chi connectivity index (χ2v) is 5.26. The number of hydrogen-bond donors (Lipinski definition) is 1. The van der Waals surface area contributed by atoms with Gasteiger partial charge in [0.1, 0.15) is 5.88 Å². The van der Waals surface area contributed by atoms with Gasteiger partial charge in [-0.15, -0.1) is 11.6 Å². The monoisotopic (exact) mass is 289 g/mol. The Morgan fingerprint density at radius 3 is 3.05 bits per heavy atom. The molecule has 0 saturated carbocycles. The first-order valence-electron chi connectivity index (χ1n) is 6.70. The number of carbonyl (C=O) groups excluding carboxylic acids is 1. The summed E-state index contributed by atoms with van der Waals surface area (Å²) < 4.78 is 2.06. The van der Waals surface area contributed by atoms with Gasteiger partial charge in [0.15, 0.2) is 0 Å². The molecule has 0 aliphatic heterocycles. The first-order chi connectivity index (χ1) is 9.79. The predicted octanol–water partition coefficient (Wildman–Crippen LogP) is 2.47. The van der Waals surface area contributed by atoms with Crippen LogP contribution in [0.1, 0.15) is 29.6 Å². The van der Waals surface area contributed by atoms with E-state index in [-0.39, 0.29) is 23.9 Å². The summed E-state index contributed by atoms with van der Waals surface area (Å²) in [6.45, 7) is 0. The molecule has 1 aromatic carbocycles. The largest absolute Gasteiger partial charge is 0.346 e. The molecule has 0 saturated heterocycles. The Labute approximate surface area is 122 Å². The maximum atomic E-state index is 11.7. The molecular weight excluding hydrogens is 274 g/mol. The van der Waals surface area contributed by atoms with E-state index in [0.717, 1.165) is 12.8 Å². The van der Waals surface area contributed by atoms with Gasteiger partial charge in [0, 0.05) is 12.4 Å². The lowest BCUT2D eigenvalue weighted by Crippen LogP contribution is -2.38. The van der Waals surface area contributed by atoms with Crippen LogP contribution in [-0.2, 0) is 11.2 Å². The van der Waals surface area contributed by atoms with E-state index in [1.54, 1.807) is 12.5 Å². The second-order valence-electron chi connectivity index (χ2n) is 4.99. The van der Waals surface area contributed by atoms with Crippen molar-refractivity contribution in [2.45, 2.75) is 24.9 Å². The molecule has 1 aliphatic rings. The number of amides is 1. The fourth-order valence-corrected chi connectivity index (χ4v) is 2.99. The Hall–Kier alpha value is -1.81. The van der Waals surface area contributed by atoms with Gasteiger partial charge in [-0.25, -0.2) is 4.98 Å². The van der Waals surface area contributed by atoms with Crippen LogP contribution in [0.3, 0.4) is 0 Å². The molecule has 4 nitrogen and oxygen atoms in total. The lowest BCUT2D eigenvalue weighted by molar-refractivity contribution is -0.119. The van der Waals surface area contributed by atoms with Crippen LogP contribution >= 0.6 is 11.6 Å². The molecule has 0 spiro atoms. The molecule has 3 rings (SSSR count). The first-order valence-corrected chi connectivity index (χ1v) is 7.23. The summed E-state index contributed by atoms with van der Waals surface area (Å²) in [4.78, 5) is 15.8. The van der Waals surface area contributed by atoms with Crippen molar-refractivity contribution in [2.24, 2.45) is 0 Å². The van der Waals surface area contributed by atoms with E-state index in [9.17, 15) is 4.79 Å². The summed E-state index contributed by atoms with van der Waals surface area (Å²) in [6, 6.07) is 8.38. The number of benzene rings is 1. The minimum absolute atomic E-state index is 0.0185. The van der Waals surface area contributed by atoms with E-state index in [0.29, 0.717) is 0 Å². The van der Waals surface area contributed by atoms with Gasteiger partial charge in [0.2, 0.25) is 5.91 Å². The zero-order chi connectivity index (χ0) is 13.9. The fraction of sp³-hybridized carbons (Fsp3) is 0.333. The molecule has 0 fully saturated rings. The molecule has 0 bridgehead atoms. The van der Waals surface area contributed by atoms with E-state index < -0.39 is 0 Å². The van der Waals surface area contributed by atoms with E-state index in [1.807, 2.05) is 18.3 Å². The third-order valence-corrected chi connectivity index (χ3v) is 4.07. The highest BCUT2D eigenvalue weighted by Gasteiger charge is 2.31. The molecule has 1 aromatic heterocycles. The zero-order valence-electron chi connectivity index (χ0n) is 11.0. The van der Waals surface area contributed by atoms with Crippen molar-refractivity contribution in [1.82, 2.24) is 14.9 Å². The number of nitrogens with one attached hydrogen (secondary N) is 1. The molecule has 1 heterocycles. The highest BCUT2D eigenvalue weighted by molar-refractivity contribution is 6.27. The van der Waals surface area contributed by atoms with Crippen LogP contribution in [0.15, 0.2) is 43.0 Å². The average molecular weight is 290 g/mol. The van der Waals surface area contributed by atoms with E-state index in [1.165, 1.54) is 11.1 Å². The molecule has 5 heteroatoms. The van der Waals surface area contributed by atoms with Crippen LogP contribution in [0.4, 0.5) is 0 Å². The highest BCUT2D eigenvalue weighted by atomic mass is 35.5. The van der Waals surface area contributed by atoms with Gasteiger partial charge < -0.3 is 9.88 Å². The van der Waals surface area contributed by atoms with Crippen molar-refractivity contribution in [2.75, 3.05) is 5.88 Å². The van der Waals surface area contributed by atoms with Crippen LogP contribution in [0.5, 0.6) is 0 Å². The molecule has 2 unspecified atom stereocenters. The third-order valence-electron chi connectivity index (χ3n) is 3.83. The van der Waals surface area contributed by atoms with E-state index in [4.69, 9.17) is 11.6 Å².